The molecular weight excluding hydrogens is 288 g/mol. The van der Waals surface area contributed by atoms with Crippen molar-refractivity contribution in [1.29, 1.82) is 0 Å². The molecule has 0 aromatic carbocycles. The van der Waals surface area contributed by atoms with Gasteiger partial charge in [-0.2, -0.15) is 9.40 Å². The molecular formula is C14H24N4O2S. The van der Waals surface area contributed by atoms with Crippen LogP contribution in [0.2, 0.25) is 0 Å². The first kappa shape index (κ1) is 15.0. The summed E-state index contributed by atoms with van der Waals surface area (Å²) in [6.07, 6.45) is 4.39. The molecule has 118 valence electrons. The van der Waals surface area contributed by atoms with Gasteiger partial charge in [0.1, 0.15) is 4.90 Å². The fraction of sp³-hybridized carbons (Fsp3) is 0.786. The lowest BCUT2D eigenvalue weighted by Gasteiger charge is -2.30. The van der Waals surface area contributed by atoms with E-state index in [-0.39, 0.29) is 0 Å². The van der Waals surface area contributed by atoms with Gasteiger partial charge in [0.05, 0.1) is 11.4 Å². The van der Waals surface area contributed by atoms with Crippen molar-refractivity contribution in [3.8, 4) is 0 Å². The van der Waals surface area contributed by atoms with Crippen LogP contribution in [0, 0.1) is 12.8 Å². The molecule has 2 N–H and O–H groups in total. The summed E-state index contributed by atoms with van der Waals surface area (Å²) in [4.78, 5) is 0.379. The molecule has 1 saturated carbocycles. The van der Waals surface area contributed by atoms with Crippen LogP contribution >= 0.6 is 0 Å². The summed E-state index contributed by atoms with van der Waals surface area (Å²) in [5, 5.41) is 10.4. The Kier molecular flexibility index (Phi) is 4.07. The third-order valence-electron chi connectivity index (χ3n) is 4.31. The molecule has 0 bridgehead atoms. The van der Waals surface area contributed by atoms with E-state index in [0.717, 1.165) is 12.8 Å². The summed E-state index contributed by atoms with van der Waals surface area (Å²) >= 11 is 0. The lowest BCUT2D eigenvalue weighted by atomic mass is 10.0. The van der Waals surface area contributed by atoms with Crippen molar-refractivity contribution in [2.45, 2.75) is 57.0 Å². The van der Waals surface area contributed by atoms with Gasteiger partial charge < -0.3 is 5.32 Å². The Morgan fingerprint density at radius 1 is 1.38 bits per heavy atom. The number of nitrogens with one attached hydrogen (secondary N) is 2. The van der Waals surface area contributed by atoms with E-state index in [2.05, 4.69) is 22.4 Å². The first-order valence-electron chi connectivity index (χ1n) is 7.76. The first-order valence-corrected chi connectivity index (χ1v) is 9.20. The molecule has 21 heavy (non-hydrogen) atoms. The van der Waals surface area contributed by atoms with Gasteiger partial charge in [-0.3, -0.25) is 5.10 Å². The monoisotopic (exact) mass is 312 g/mol. The van der Waals surface area contributed by atoms with Crippen LogP contribution < -0.4 is 5.32 Å². The molecule has 1 saturated heterocycles. The van der Waals surface area contributed by atoms with Crippen LogP contribution in [0.5, 0.6) is 0 Å². The number of nitrogens with zero attached hydrogens (tertiary/aromatic N) is 2. The van der Waals surface area contributed by atoms with Crippen LogP contribution in [0.1, 0.15) is 44.0 Å². The van der Waals surface area contributed by atoms with Crippen molar-refractivity contribution < 1.29 is 8.42 Å². The zero-order valence-electron chi connectivity index (χ0n) is 12.7. The number of hydrogen-bond acceptors (Lipinski definition) is 4. The van der Waals surface area contributed by atoms with Crippen molar-refractivity contribution in [2.24, 2.45) is 5.92 Å². The van der Waals surface area contributed by atoms with Gasteiger partial charge in [0.25, 0.3) is 0 Å². The second-order valence-electron chi connectivity index (χ2n) is 6.39. The summed E-state index contributed by atoms with van der Waals surface area (Å²) in [6.45, 7) is 5.65. The fourth-order valence-corrected chi connectivity index (χ4v) is 4.88. The highest BCUT2D eigenvalue weighted by Crippen LogP contribution is 2.27. The van der Waals surface area contributed by atoms with Crippen molar-refractivity contribution in [2.75, 3.05) is 13.1 Å². The van der Waals surface area contributed by atoms with Crippen LogP contribution in [0.4, 0.5) is 0 Å². The molecule has 1 unspecified atom stereocenters. The normalized spacial score (nSPS) is 24.4. The van der Waals surface area contributed by atoms with Gasteiger partial charge in [-0.05, 0) is 38.5 Å². The molecule has 2 heterocycles. The van der Waals surface area contributed by atoms with E-state index >= 15 is 0 Å². The number of aromatic amines is 1. The standard InChI is InChI=1S/C14H24N4O2S/c1-10-4-3-7-18(9-10)21(19,20)14-11(2)16-17-13(14)8-15-12-5-6-12/h10,12,15H,3-9H2,1-2H3,(H,16,17). The number of hydrogen-bond donors (Lipinski definition) is 2. The van der Waals surface area contributed by atoms with Crippen LogP contribution in [0.15, 0.2) is 4.90 Å². The van der Waals surface area contributed by atoms with Crippen LogP contribution in [-0.4, -0.2) is 42.1 Å². The summed E-state index contributed by atoms with van der Waals surface area (Å²) in [5.41, 5.74) is 1.26. The van der Waals surface area contributed by atoms with E-state index < -0.39 is 10.0 Å². The highest BCUT2D eigenvalue weighted by molar-refractivity contribution is 7.89. The summed E-state index contributed by atoms with van der Waals surface area (Å²) in [6, 6.07) is 0.535. The average molecular weight is 312 g/mol. The third-order valence-corrected chi connectivity index (χ3v) is 6.38. The highest BCUT2D eigenvalue weighted by Gasteiger charge is 2.33. The molecule has 0 radical (unpaired) electrons. The minimum absolute atomic E-state index is 0.379. The topological polar surface area (TPSA) is 78.1 Å². The maximum absolute atomic E-state index is 12.9. The van der Waals surface area contributed by atoms with E-state index in [9.17, 15) is 8.42 Å². The van der Waals surface area contributed by atoms with Gasteiger partial charge in [-0.15, -0.1) is 0 Å². The number of rotatable bonds is 5. The Morgan fingerprint density at radius 2 is 2.14 bits per heavy atom. The van der Waals surface area contributed by atoms with Gasteiger partial charge in [0, 0.05) is 25.7 Å². The Bertz CT molecular complexity index is 606. The van der Waals surface area contributed by atoms with Crippen LogP contribution in [0.25, 0.3) is 0 Å². The average Bonchev–Trinajstić information content (AvgIpc) is 3.19. The van der Waals surface area contributed by atoms with E-state index in [1.807, 2.05) is 0 Å². The van der Waals surface area contributed by atoms with E-state index in [1.54, 1.807) is 11.2 Å². The molecule has 7 heteroatoms. The van der Waals surface area contributed by atoms with Crippen molar-refractivity contribution in [3.63, 3.8) is 0 Å². The van der Waals surface area contributed by atoms with Gasteiger partial charge in [-0.25, -0.2) is 8.42 Å². The summed E-state index contributed by atoms with van der Waals surface area (Å²) < 4.78 is 27.5. The fourth-order valence-electron chi connectivity index (χ4n) is 2.95. The second-order valence-corrected chi connectivity index (χ2v) is 8.26. The number of aryl methyl sites for hydroxylation is 1. The predicted molar refractivity (Wildman–Crippen MR) is 80.3 cm³/mol. The van der Waals surface area contributed by atoms with Gasteiger partial charge in [0.15, 0.2) is 0 Å². The lowest BCUT2D eigenvalue weighted by Crippen LogP contribution is -2.39. The van der Waals surface area contributed by atoms with Gasteiger partial charge >= 0.3 is 0 Å². The molecule has 0 spiro atoms. The number of H-pyrrole nitrogens is 1. The SMILES string of the molecule is Cc1[nH]nc(CNC2CC2)c1S(=O)(=O)N1CCCC(C)C1. The Balaban J connectivity index is 1.84. The van der Waals surface area contributed by atoms with Crippen LogP contribution in [-0.2, 0) is 16.6 Å². The van der Waals surface area contributed by atoms with Crippen molar-refractivity contribution in [3.05, 3.63) is 11.4 Å². The van der Waals surface area contributed by atoms with Crippen molar-refractivity contribution >= 4 is 10.0 Å². The maximum Gasteiger partial charge on any atom is 0.246 e. The molecule has 1 aromatic rings. The molecule has 6 nitrogen and oxygen atoms in total. The molecule has 0 amide bonds. The maximum atomic E-state index is 12.9. The number of sulfonamides is 1. The third kappa shape index (κ3) is 3.14. The first-order chi connectivity index (χ1) is 9.98. The van der Waals surface area contributed by atoms with E-state index in [0.29, 0.717) is 47.9 Å². The minimum atomic E-state index is -3.44. The molecule has 2 aliphatic rings. The zero-order valence-corrected chi connectivity index (χ0v) is 13.5. The minimum Gasteiger partial charge on any atom is -0.308 e. The molecule has 2 fully saturated rings. The second kappa shape index (κ2) is 5.70. The van der Waals surface area contributed by atoms with Crippen molar-refractivity contribution in [1.82, 2.24) is 19.8 Å². The Hall–Kier alpha value is -0.920. The molecule has 1 aliphatic heterocycles. The lowest BCUT2D eigenvalue weighted by molar-refractivity contribution is 0.281. The van der Waals surface area contributed by atoms with Gasteiger partial charge in [-0.1, -0.05) is 6.92 Å². The highest BCUT2D eigenvalue weighted by atomic mass is 32.2. The summed E-state index contributed by atoms with van der Waals surface area (Å²) in [5.74, 6) is 0.425. The molecule has 3 rings (SSSR count). The molecule has 1 aliphatic carbocycles. The quantitative estimate of drug-likeness (QED) is 0.861. The van der Waals surface area contributed by atoms with Crippen LogP contribution in [0.3, 0.4) is 0 Å². The largest absolute Gasteiger partial charge is 0.308 e. The molecule has 1 aromatic heterocycles. The Labute approximate surface area is 126 Å². The molecule has 1 atom stereocenters. The van der Waals surface area contributed by atoms with E-state index in [4.69, 9.17) is 0 Å². The zero-order chi connectivity index (χ0) is 15.0. The smallest absolute Gasteiger partial charge is 0.246 e. The Morgan fingerprint density at radius 3 is 2.81 bits per heavy atom. The number of piperidine rings is 1. The predicted octanol–water partition coefficient (Wildman–Crippen LogP) is 1.39. The summed E-state index contributed by atoms with van der Waals surface area (Å²) in [7, 11) is -3.44. The number of aromatic nitrogens is 2. The van der Waals surface area contributed by atoms with E-state index in [1.165, 1.54) is 12.8 Å². The van der Waals surface area contributed by atoms with Gasteiger partial charge in [0.2, 0.25) is 10.0 Å².